The van der Waals surface area contributed by atoms with Crippen molar-refractivity contribution in [1.29, 1.82) is 0 Å². The maximum atomic E-state index is 12.4. The number of benzene rings is 1. The van der Waals surface area contributed by atoms with Crippen LogP contribution in [0.5, 0.6) is 0 Å². The second-order valence-corrected chi connectivity index (χ2v) is 6.49. The van der Waals surface area contributed by atoms with Crippen LogP contribution in [0.3, 0.4) is 0 Å². The van der Waals surface area contributed by atoms with Crippen LogP contribution in [0.1, 0.15) is 18.9 Å². The Hall–Kier alpha value is -1.16. The molecule has 0 amide bonds. The van der Waals surface area contributed by atoms with Crippen molar-refractivity contribution in [3.8, 4) is 0 Å². The molecule has 5 nitrogen and oxygen atoms in total. The highest BCUT2D eigenvalue weighted by molar-refractivity contribution is 7.86. The minimum Gasteiger partial charge on any atom is -0.348 e. The molecule has 9 heteroatoms. The van der Waals surface area contributed by atoms with Gasteiger partial charge in [-0.2, -0.15) is 21.6 Å². The summed E-state index contributed by atoms with van der Waals surface area (Å²) in [7, 11) is -4.12. The molecular weight excluding hydrogens is 325 g/mol. The van der Waals surface area contributed by atoms with Crippen LogP contribution in [0.2, 0.25) is 0 Å². The third-order valence-corrected chi connectivity index (χ3v) is 4.49. The van der Waals surface area contributed by atoms with Crippen LogP contribution in [0.25, 0.3) is 0 Å². The summed E-state index contributed by atoms with van der Waals surface area (Å²) >= 11 is 0. The molecule has 0 saturated carbocycles. The van der Waals surface area contributed by atoms with Crippen molar-refractivity contribution in [2.75, 3.05) is 19.8 Å². The highest BCUT2D eigenvalue weighted by Crippen LogP contribution is 2.30. The van der Waals surface area contributed by atoms with Gasteiger partial charge in [-0.1, -0.05) is 0 Å². The van der Waals surface area contributed by atoms with Gasteiger partial charge in [0.25, 0.3) is 10.1 Å². The first-order valence-corrected chi connectivity index (χ1v) is 7.88. The molecule has 0 atom stereocenters. The maximum Gasteiger partial charge on any atom is 0.416 e. The van der Waals surface area contributed by atoms with Gasteiger partial charge in [-0.15, -0.1) is 0 Å². The topological polar surface area (TPSA) is 61.8 Å². The summed E-state index contributed by atoms with van der Waals surface area (Å²) in [5, 5.41) is 0. The molecule has 1 aliphatic heterocycles. The molecule has 0 spiro atoms. The molecule has 1 saturated heterocycles. The monoisotopic (exact) mass is 340 g/mol. The van der Waals surface area contributed by atoms with Crippen LogP contribution in [-0.4, -0.2) is 34.0 Å². The Morgan fingerprint density at radius 3 is 2.23 bits per heavy atom. The van der Waals surface area contributed by atoms with E-state index in [1.807, 2.05) is 0 Å². The second-order valence-electron chi connectivity index (χ2n) is 4.88. The third kappa shape index (κ3) is 4.19. The number of halogens is 3. The molecular formula is C13H15F3O5S. The van der Waals surface area contributed by atoms with Gasteiger partial charge in [-0.25, -0.2) is 0 Å². The minimum atomic E-state index is -4.52. The molecule has 0 aromatic heterocycles. The maximum absolute atomic E-state index is 12.4. The van der Waals surface area contributed by atoms with E-state index < -0.39 is 27.6 Å². The van der Waals surface area contributed by atoms with Gasteiger partial charge in [0, 0.05) is 6.42 Å². The smallest absolute Gasteiger partial charge is 0.348 e. The molecule has 22 heavy (non-hydrogen) atoms. The van der Waals surface area contributed by atoms with Gasteiger partial charge in [-0.05, 0) is 31.2 Å². The van der Waals surface area contributed by atoms with Crippen molar-refractivity contribution >= 4 is 10.1 Å². The number of hydrogen-bond donors (Lipinski definition) is 0. The molecule has 1 fully saturated rings. The van der Waals surface area contributed by atoms with Gasteiger partial charge < -0.3 is 9.47 Å². The zero-order chi connectivity index (χ0) is 16.4. The van der Waals surface area contributed by atoms with Crippen molar-refractivity contribution < 1.29 is 35.2 Å². The van der Waals surface area contributed by atoms with Gasteiger partial charge in [0.05, 0.1) is 30.3 Å². The molecule has 0 radical (unpaired) electrons. The predicted octanol–water partition coefficient (Wildman–Crippen LogP) is 2.56. The van der Waals surface area contributed by atoms with Crippen molar-refractivity contribution in [2.45, 2.75) is 30.2 Å². The average molecular weight is 340 g/mol. The number of rotatable bonds is 5. The zero-order valence-electron chi connectivity index (χ0n) is 11.7. The molecule has 0 bridgehead atoms. The predicted molar refractivity (Wildman–Crippen MR) is 69.5 cm³/mol. The van der Waals surface area contributed by atoms with E-state index in [2.05, 4.69) is 0 Å². The van der Waals surface area contributed by atoms with Crippen LogP contribution >= 0.6 is 0 Å². The van der Waals surface area contributed by atoms with E-state index in [-0.39, 0.29) is 17.9 Å². The van der Waals surface area contributed by atoms with E-state index in [4.69, 9.17) is 13.7 Å². The second kappa shape index (κ2) is 6.15. The third-order valence-electron chi connectivity index (χ3n) is 3.16. The molecule has 1 aliphatic rings. The SMILES string of the molecule is CC1(CCOS(=O)(=O)c2ccc(C(F)(F)F)cc2)OCCO1. The molecule has 0 aliphatic carbocycles. The summed E-state index contributed by atoms with van der Waals surface area (Å²) in [4.78, 5) is -0.334. The first kappa shape index (κ1) is 17.2. The normalized spacial score (nSPS) is 18.5. The van der Waals surface area contributed by atoms with Crippen LogP contribution in [0, 0.1) is 0 Å². The van der Waals surface area contributed by atoms with Crippen molar-refractivity contribution in [3.63, 3.8) is 0 Å². The molecule has 124 valence electrons. The summed E-state index contributed by atoms with van der Waals surface area (Å²) in [6.07, 6.45) is -4.33. The van der Waals surface area contributed by atoms with E-state index in [9.17, 15) is 21.6 Å². The number of hydrogen-bond acceptors (Lipinski definition) is 5. The highest BCUT2D eigenvalue weighted by atomic mass is 32.2. The molecule has 1 heterocycles. The first-order chi connectivity index (χ1) is 10.1. The van der Waals surface area contributed by atoms with E-state index >= 15 is 0 Å². The largest absolute Gasteiger partial charge is 0.416 e. The summed E-state index contributed by atoms with van der Waals surface area (Å²) < 4.78 is 76.4. The van der Waals surface area contributed by atoms with Gasteiger partial charge in [0.15, 0.2) is 5.79 Å². The Balaban J connectivity index is 1.98. The summed E-state index contributed by atoms with van der Waals surface area (Å²) in [5.74, 6) is -0.893. The molecule has 0 unspecified atom stereocenters. The minimum absolute atomic E-state index is 0.187. The Bertz CT molecular complexity index is 604. The highest BCUT2D eigenvalue weighted by Gasteiger charge is 2.32. The molecule has 2 rings (SSSR count). The molecule has 1 aromatic carbocycles. The van der Waals surface area contributed by atoms with Crippen molar-refractivity contribution in [1.82, 2.24) is 0 Å². The lowest BCUT2D eigenvalue weighted by Gasteiger charge is -2.21. The van der Waals surface area contributed by atoms with Crippen molar-refractivity contribution in [2.24, 2.45) is 0 Å². The van der Waals surface area contributed by atoms with Crippen molar-refractivity contribution in [3.05, 3.63) is 29.8 Å². The van der Waals surface area contributed by atoms with Crippen LogP contribution in [0.4, 0.5) is 13.2 Å². The molecule has 0 N–H and O–H groups in total. The van der Waals surface area contributed by atoms with Gasteiger partial charge in [0.1, 0.15) is 0 Å². The Morgan fingerprint density at radius 1 is 1.18 bits per heavy atom. The number of ether oxygens (including phenoxy) is 2. The van der Waals surface area contributed by atoms with Gasteiger partial charge >= 0.3 is 6.18 Å². The van der Waals surface area contributed by atoms with Gasteiger partial charge in [0.2, 0.25) is 0 Å². The van der Waals surface area contributed by atoms with Crippen LogP contribution in [-0.2, 0) is 30.0 Å². The first-order valence-electron chi connectivity index (χ1n) is 6.47. The fourth-order valence-electron chi connectivity index (χ4n) is 1.92. The summed E-state index contributed by atoms with van der Waals surface area (Å²) in [5.41, 5.74) is -0.924. The zero-order valence-corrected chi connectivity index (χ0v) is 12.5. The number of alkyl halides is 3. The Morgan fingerprint density at radius 2 is 1.73 bits per heavy atom. The standard InChI is InChI=1S/C13H15F3O5S/c1-12(19-8-9-20-12)6-7-21-22(17,18)11-4-2-10(3-5-11)13(14,15)16/h2-5H,6-9H2,1H3. The lowest BCUT2D eigenvalue weighted by atomic mass is 10.2. The summed E-state index contributed by atoms with van der Waals surface area (Å²) in [6.45, 7) is 2.30. The van der Waals surface area contributed by atoms with E-state index in [0.29, 0.717) is 25.3 Å². The lowest BCUT2D eigenvalue weighted by molar-refractivity contribution is -0.150. The fourth-order valence-corrected chi connectivity index (χ4v) is 2.82. The Kier molecular flexibility index (Phi) is 4.81. The lowest BCUT2D eigenvalue weighted by Crippen LogP contribution is -2.28. The average Bonchev–Trinajstić information content (AvgIpc) is 2.84. The van der Waals surface area contributed by atoms with E-state index in [1.54, 1.807) is 6.92 Å². The summed E-state index contributed by atoms with van der Waals surface area (Å²) in [6, 6.07) is 3.12. The quantitative estimate of drug-likeness (QED) is 0.771. The van der Waals surface area contributed by atoms with Gasteiger partial charge in [-0.3, -0.25) is 4.18 Å². The van der Waals surface area contributed by atoms with E-state index in [1.165, 1.54) is 0 Å². The fraction of sp³-hybridized carbons (Fsp3) is 0.538. The van der Waals surface area contributed by atoms with Crippen LogP contribution in [0.15, 0.2) is 29.2 Å². The Labute approximate surface area is 126 Å². The van der Waals surface area contributed by atoms with E-state index in [0.717, 1.165) is 12.1 Å². The van der Waals surface area contributed by atoms with Crippen LogP contribution < -0.4 is 0 Å². The molecule has 1 aromatic rings.